The standard InChI is InChI=1S/C23H25N5O2.C22H24N6O/c1-3-30-23(29)17-15-16-19(27-12-6-11-26(2)13-14-27)9-10-24-21(16)28-20-8-5-4-7-18(20)25-22(17)28;1-23-22(29)16-14-15-18(27-11-5-10-26(2)12-13-27)8-9-24-20(15)28-19-7-4-3-6-17(19)25-21(16)28/h4-5,7-10,15H,3,6,11-14H2,1-2H3;3-4,6-9,14H,5,10-13H2,1-2H3,(H,23,29). The number of ether oxygens (including phenoxy) is 1. The molecule has 302 valence electrons. The van der Waals surface area contributed by atoms with E-state index in [1.54, 1.807) is 7.05 Å². The Labute approximate surface area is 342 Å². The Morgan fingerprint density at radius 1 is 0.627 bits per heavy atom. The highest BCUT2D eigenvalue weighted by Crippen LogP contribution is 2.33. The summed E-state index contributed by atoms with van der Waals surface area (Å²) in [6, 6.07) is 23.8. The number of nitrogens with one attached hydrogen (secondary N) is 1. The van der Waals surface area contributed by atoms with Gasteiger partial charge < -0.3 is 29.7 Å². The molecule has 2 aliphatic rings. The van der Waals surface area contributed by atoms with Crippen molar-refractivity contribution < 1.29 is 14.3 Å². The summed E-state index contributed by atoms with van der Waals surface area (Å²) in [5, 5.41) is 4.69. The molecule has 8 heterocycles. The van der Waals surface area contributed by atoms with E-state index in [0.29, 0.717) is 29.0 Å². The third-order valence-corrected chi connectivity index (χ3v) is 11.6. The Morgan fingerprint density at radius 2 is 1.12 bits per heavy atom. The summed E-state index contributed by atoms with van der Waals surface area (Å²) in [7, 11) is 5.98. The summed E-state index contributed by atoms with van der Waals surface area (Å²) in [6.45, 7) is 10.2. The second kappa shape index (κ2) is 16.1. The van der Waals surface area contributed by atoms with Gasteiger partial charge in [0.1, 0.15) is 16.9 Å². The zero-order valence-electron chi connectivity index (χ0n) is 34.1. The molecule has 0 atom stereocenters. The fourth-order valence-corrected chi connectivity index (χ4v) is 8.59. The van der Waals surface area contributed by atoms with Gasteiger partial charge in [-0.15, -0.1) is 0 Å². The van der Waals surface area contributed by atoms with E-state index in [-0.39, 0.29) is 11.9 Å². The third-order valence-electron chi connectivity index (χ3n) is 11.6. The van der Waals surface area contributed by atoms with Crippen molar-refractivity contribution in [2.45, 2.75) is 19.8 Å². The van der Waals surface area contributed by atoms with Gasteiger partial charge >= 0.3 is 5.97 Å². The van der Waals surface area contributed by atoms with Crippen molar-refractivity contribution in [3.63, 3.8) is 0 Å². The summed E-state index contributed by atoms with van der Waals surface area (Å²) in [5.74, 6) is -0.497. The van der Waals surface area contributed by atoms with Crippen LogP contribution in [0.15, 0.2) is 85.2 Å². The van der Waals surface area contributed by atoms with Gasteiger partial charge in [0.05, 0.1) is 34.2 Å². The Bertz CT molecular complexity index is 2870. The van der Waals surface area contributed by atoms with Crippen molar-refractivity contribution in [3.8, 4) is 0 Å². The summed E-state index contributed by atoms with van der Waals surface area (Å²) >= 11 is 0. The van der Waals surface area contributed by atoms with Crippen molar-refractivity contribution in [1.29, 1.82) is 0 Å². The summed E-state index contributed by atoms with van der Waals surface area (Å²) in [6.07, 6.45) is 5.92. The van der Waals surface area contributed by atoms with Crippen molar-refractivity contribution >= 4 is 78.7 Å². The van der Waals surface area contributed by atoms with E-state index in [1.165, 1.54) is 0 Å². The van der Waals surface area contributed by atoms with Crippen LogP contribution in [0.2, 0.25) is 0 Å². The number of pyridine rings is 4. The fourth-order valence-electron chi connectivity index (χ4n) is 8.59. The van der Waals surface area contributed by atoms with E-state index < -0.39 is 0 Å². The highest BCUT2D eigenvalue weighted by atomic mass is 16.5. The monoisotopic (exact) mass is 791 g/mol. The number of para-hydroxylation sites is 4. The zero-order chi connectivity index (χ0) is 40.6. The number of nitrogens with zero attached hydrogens (tertiary/aromatic N) is 10. The molecule has 14 heteroatoms. The molecular formula is C45H49N11O3. The molecule has 10 rings (SSSR count). The van der Waals surface area contributed by atoms with Gasteiger partial charge in [-0.2, -0.15) is 0 Å². The van der Waals surface area contributed by atoms with Crippen LogP contribution in [0.25, 0.3) is 55.4 Å². The molecule has 2 aliphatic heterocycles. The lowest BCUT2D eigenvalue weighted by molar-refractivity contribution is 0.0528. The molecule has 1 amide bonds. The normalized spacial score (nSPS) is 15.8. The highest BCUT2D eigenvalue weighted by Gasteiger charge is 2.24. The number of rotatable bonds is 5. The van der Waals surface area contributed by atoms with Gasteiger partial charge in [-0.3, -0.25) is 13.6 Å². The molecule has 0 saturated carbocycles. The first-order valence-corrected chi connectivity index (χ1v) is 20.5. The number of aromatic nitrogens is 6. The minimum atomic E-state index is -0.356. The van der Waals surface area contributed by atoms with Crippen molar-refractivity contribution in [2.75, 3.05) is 89.9 Å². The van der Waals surface area contributed by atoms with Crippen LogP contribution >= 0.6 is 0 Å². The molecule has 0 spiro atoms. The van der Waals surface area contributed by atoms with Gasteiger partial charge in [-0.05, 0) is 95.5 Å². The average molecular weight is 792 g/mol. The number of esters is 1. The molecule has 0 bridgehead atoms. The number of amides is 1. The molecule has 0 radical (unpaired) electrons. The molecule has 59 heavy (non-hydrogen) atoms. The SMILES string of the molecule is CCOC(=O)c1cc2c(N3CCCN(C)CC3)ccnc2n2c1nc1ccccc12.CNC(=O)c1cc2c(N3CCCN(C)CC3)ccnc2n2c1nc1ccccc12. The summed E-state index contributed by atoms with van der Waals surface area (Å²) in [4.78, 5) is 54.0. The van der Waals surface area contributed by atoms with E-state index >= 15 is 0 Å². The smallest absolute Gasteiger partial charge is 0.341 e. The molecule has 8 aromatic rings. The van der Waals surface area contributed by atoms with E-state index in [2.05, 4.69) is 45.1 Å². The first kappa shape index (κ1) is 38.2. The van der Waals surface area contributed by atoms with E-state index in [0.717, 1.165) is 121 Å². The molecule has 0 unspecified atom stereocenters. The lowest BCUT2D eigenvalue weighted by Crippen LogP contribution is -2.29. The fraction of sp³-hybridized carbons (Fsp3) is 0.333. The van der Waals surface area contributed by atoms with Gasteiger partial charge in [-0.1, -0.05) is 24.3 Å². The minimum Gasteiger partial charge on any atom is -0.462 e. The average Bonchev–Trinajstić information content (AvgIpc) is 3.68. The molecule has 2 aromatic carbocycles. The molecule has 2 saturated heterocycles. The predicted molar refractivity (Wildman–Crippen MR) is 234 cm³/mol. The van der Waals surface area contributed by atoms with E-state index in [1.807, 2.05) is 94.8 Å². The number of carbonyl (C=O) groups excluding carboxylic acids is 2. The highest BCUT2D eigenvalue weighted by molar-refractivity contribution is 6.08. The van der Waals surface area contributed by atoms with Crippen LogP contribution in [0.1, 0.15) is 40.5 Å². The van der Waals surface area contributed by atoms with Crippen LogP contribution < -0.4 is 15.1 Å². The van der Waals surface area contributed by atoms with Gasteiger partial charge in [-0.25, -0.2) is 24.7 Å². The number of anilines is 2. The van der Waals surface area contributed by atoms with Crippen LogP contribution in [0.5, 0.6) is 0 Å². The lowest BCUT2D eigenvalue weighted by atomic mass is 10.1. The number of hydrogen-bond donors (Lipinski definition) is 1. The van der Waals surface area contributed by atoms with Crippen LogP contribution in [-0.2, 0) is 4.74 Å². The van der Waals surface area contributed by atoms with Gasteiger partial charge in [0, 0.05) is 80.9 Å². The molecule has 1 N–H and O–H groups in total. The summed E-state index contributed by atoms with van der Waals surface area (Å²) in [5.41, 5.74) is 9.70. The van der Waals surface area contributed by atoms with Gasteiger partial charge in [0.15, 0.2) is 11.3 Å². The predicted octanol–water partition coefficient (Wildman–Crippen LogP) is 5.89. The van der Waals surface area contributed by atoms with Crippen LogP contribution in [0.3, 0.4) is 0 Å². The number of fused-ring (bicyclic) bond motifs is 10. The van der Waals surface area contributed by atoms with Crippen LogP contribution in [0, 0.1) is 0 Å². The van der Waals surface area contributed by atoms with Gasteiger partial charge in [0.2, 0.25) is 0 Å². The molecule has 2 fully saturated rings. The topological polar surface area (TPSA) is 129 Å². The molecule has 6 aromatic heterocycles. The molecule has 0 aliphatic carbocycles. The lowest BCUT2D eigenvalue weighted by Gasteiger charge is -2.24. The number of likely N-dealkylation sites (N-methyl/N-ethyl adjacent to an activating group) is 2. The Hall–Kier alpha value is -6.38. The second-order valence-electron chi connectivity index (χ2n) is 15.4. The molecular weight excluding hydrogens is 743 g/mol. The van der Waals surface area contributed by atoms with Crippen LogP contribution in [-0.4, -0.2) is 131 Å². The number of hydrogen-bond acceptors (Lipinski definition) is 11. The summed E-state index contributed by atoms with van der Waals surface area (Å²) < 4.78 is 9.37. The van der Waals surface area contributed by atoms with Crippen molar-refractivity contribution in [1.82, 2.24) is 43.9 Å². The maximum Gasteiger partial charge on any atom is 0.341 e. The number of carbonyl (C=O) groups is 2. The number of imidazole rings is 2. The zero-order valence-corrected chi connectivity index (χ0v) is 34.1. The number of benzene rings is 2. The first-order chi connectivity index (χ1) is 28.8. The Balaban J connectivity index is 0.000000152. The third kappa shape index (κ3) is 7.01. The van der Waals surface area contributed by atoms with Crippen molar-refractivity contribution in [2.24, 2.45) is 0 Å². The minimum absolute atomic E-state index is 0.141. The van der Waals surface area contributed by atoms with Crippen molar-refractivity contribution in [3.05, 3.63) is 96.3 Å². The quantitative estimate of drug-likeness (QED) is 0.210. The second-order valence-corrected chi connectivity index (χ2v) is 15.4. The van der Waals surface area contributed by atoms with Gasteiger partial charge in [0.25, 0.3) is 5.91 Å². The first-order valence-electron chi connectivity index (χ1n) is 20.5. The Morgan fingerprint density at radius 3 is 1.63 bits per heavy atom. The largest absolute Gasteiger partial charge is 0.462 e. The maximum atomic E-state index is 12.8. The molecule has 14 nitrogen and oxygen atoms in total. The van der Waals surface area contributed by atoms with Crippen LogP contribution in [0.4, 0.5) is 11.4 Å². The Kier molecular flexibility index (Phi) is 10.4. The van der Waals surface area contributed by atoms with E-state index in [4.69, 9.17) is 24.7 Å². The van der Waals surface area contributed by atoms with E-state index in [9.17, 15) is 9.59 Å². The maximum absolute atomic E-state index is 12.8.